The molecule has 0 aliphatic heterocycles. The molecule has 0 amide bonds. The van der Waals surface area contributed by atoms with Gasteiger partial charge < -0.3 is 0 Å². The van der Waals surface area contributed by atoms with Gasteiger partial charge in [-0.25, -0.2) is 0 Å². The van der Waals surface area contributed by atoms with E-state index in [4.69, 9.17) is 0 Å². The topological polar surface area (TPSA) is 0 Å². The Hall–Kier alpha value is -1.74. The fourth-order valence-corrected chi connectivity index (χ4v) is 2.62. The van der Waals surface area contributed by atoms with E-state index in [1.807, 2.05) is 6.08 Å². The molecule has 2 atom stereocenters. The third kappa shape index (κ3) is 4.14. The number of terminal acetylenes is 1. The van der Waals surface area contributed by atoms with Crippen LogP contribution in [0, 0.1) is 24.7 Å². The average molecular weight is 252 g/mol. The van der Waals surface area contributed by atoms with E-state index in [-0.39, 0.29) is 0 Å². The zero-order valence-electron chi connectivity index (χ0n) is 11.9. The Bertz CT molecular complexity index is 440. The lowest BCUT2D eigenvalue weighted by Crippen LogP contribution is -1.80. The summed E-state index contributed by atoms with van der Waals surface area (Å²) in [7, 11) is 0. The minimum Gasteiger partial charge on any atom is -0.124 e. The van der Waals surface area contributed by atoms with Crippen molar-refractivity contribution < 1.29 is 0 Å². The van der Waals surface area contributed by atoms with Crippen LogP contribution < -0.4 is 0 Å². The van der Waals surface area contributed by atoms with Crippen LogP contribution in [0.2, 0.25) is 0 Å². The van der Waals surface area contributed by atoms with Crippen molar-refractivity contribution in [1.82, 2.24) is 0 Å². The molecule has 0 radical (unpaired) electrons. The lowest BCUT2D eigenvalue weighted by atomic mass is 10.1. The molecule has 0 saturated heterocycles. The van der Waals surface area contributed by atoms with Crippen LogP contribution in [0.4, 0.5) is 0 Å². The van der Waals surface area contributed by atoms with Crippen molar-refractivity contribution in [2.75, 3.05) is 0 Å². The van der Waals surface area contributed by atoms with Crippen LogP contribution in [-0.2, 0) is 0 Å². The van der Waals surface area contributed by atoms with Crippen LogP contribution >= 0.6 is 0 Å². The van der Waals surface area contributed by atoms with E-state index in [1.165, 1.54) is 36.8 Å². The predicted octanol–water partition coefficient (Wildman–Crippen LogP) is 5.23. The lowest BCUT2D eigenvalue weighted by molar-refractivity contribution is 0.895. The Morgan fingerprint density at radius 3 is 2.37 bits per heavy atom. The van der Waals surface area contributed by atoms with E-state index in [0.29, 0.717) is 0 Å². The van der Waals surface area contributed by atoms with E-state index in [1.54, 1.807) is 5.57 Å². The average Bonchev–Trinajstić information content (AvgIpc) is 3.23. The minimum atomic E-state index is 0.875. The van der Waals surface area contributed by atoms with Gasteiger partial charge in [-0.1, -0.05) is 61.6 Å². The van der Waals surface area contributed by atoms with E-state index >= 15 is 0 Å². The maximum atomic E-state index is 4.00. The van der Waals surface area contributed by atoms with Gasteiger partial charge in [-0.3, -0.25) is 0 Å². The van der Waals surface area contributed by atoms with Gasteiger partial charge in [0.15, 0.2) is 0 Å². The zero-order chi connectivity index (χ0) is 14.3. The quantitative estimate of drug-likeness (QED) is 0.590. The summed E-state index contributed by atoms with van der Waals surface area (Å²) in [6.07, 6.45) is 23.6. The molecule has 100 valence electrons. The zero-order valence-corrected chi connectivity index (χ0v) is 11.9. The molecule has 0 heteroatoms. The molecule has 0 spiro atoms. The highest BCUT2D eigenvalue weighted by molar-refractivity contribution is 5.40. The third-order valence-corrected chi connectivity index (χ3v) is 3.83. The predicted molar refractivity (Wildman–Crippen MR) is 85.7 cm³/mol. The summed E-state index contributed by atoms with van der Waals surface area (Å²) >= 11 is 0. The van der Waals surface area contributed by atoms with Crippen molar-refractivity contribution in [2.24, 2.45) is 11.8 Å². The molecule has 0 aromatic rings. The van der Waals surface area contributed by atoms with Crippen LogP contribution in [0.3, 0.4) is 0 Å². The summed E-state index contributed by atoms with van der Waals surface area (Å²) in [4.78, 5) is 0. The summed E-state index contributed by atoms with van der Waals surface area (Å²) < 4.78 is 0. The highest BCUT2D eigenvalue weighted by atomic mass is 14.5. The van der Waals surface area contributed by atoms with Gasteiger partial charge in [0.25, 0.3) is 0 Å². The third-order valence-electron chi connectivity index (χ3n) is 3.83. The Labute approximate surface area is 118 Å². The largest absolute Gasteiger partial charge is 0.124 e. The molecule has 2 unspecified atom stereocenters. The molecule has 0 N–H and O–H groups in total. The summed E-state index contributed by atoms with van der Waals surface area (Å²) in [5, 5.41) is 0. The molecular formula is C19H24. The first-order valence-electron chi connectivity index (χ1n) is 6.97. The summed E-state index contributed by atoms with van der Waals surface area (Å²) in [5.74, 6) is 1.81. The molecule has 0 aromatic carbocycles. The molecule has 0 heterocycles. The minimum absolute atomic E-state index is 0.875. The van der Waals surface area contributed by atoms with Gasteiger partial charge in [-0.05, 0) is 43.1 Å². The highest BCUT2D eigenvalue weighted by Gasteiger charge is 2.44. The van der Waals surface area contributed by atoms with Crippen molar-refractivity contribution in [3.05, 3.63) is 60.3 Å². The molecule has 0 aromatic heterocycles. The van der Waals surface area contributed by atoms with Crippen LogP contribution in [0.15, 0.2) is 60.3 Å². The Morgan fingerprint density at radius 1 is 1.37 bits per heavy atom. The van der Waals surface area contributed by atoms with Crippen molar-refractivity contribution in [1.29, 1.82) is 0 Å². The fourth-order valence-electron chi connectivity index (χ4n) is 2.62. The van der Waals surface area contributed by atoms with Crippen molar-refractivity contribution >= 4 is 0 Å². The highest BCUT2D eigenvalue weighted by Crippen LogP contribution is 2.54. The lowest BCUT2D eigenvalue weighted by Gasteiger charge is -2.00. The van der Waals surface area contributed by atoms with E-state index in [0.717, 1.165) is 11.8 Å². The van der Waals surface area contributed by atoms with Crippen molar-refractivity contribution in [2.45, 2.75) is 32.6 Å². The molecule has 3 rings (SSSR count). The second-order valence-corrected chi connectivity index (χ2v) is 5.01. The second kappa shape index (κ2) is 7.64. The van der Waals surface area contributed by atoms with E-state index < -0.39 is 0 Å². The van der Waals surface area contributed by atoms with Gasteiger partial charge in [0, 0.05) is 0 Å². The first-order valence-corrected chi connectivity index (χ1v) is 6.97. The molecule has 1 saturated carbocycles. The Kier molecular flexibility index (Phi) is 6.16. The van der Waals surface area contributed by atoms with E-state index in [9.17, 15) is 0 Å². The molecule has 3 aliphatic rings. The first-order chi connectivity index (χ1) is 9.26. The van der Waals surface area contributed by atoms with Crippen LogP contribution in [-0.4, -0.2) is 0 Å². The maximum absolute atomic E-state index is 4.00. The number of rotatable bonds is 2. The summed E-state index contributed by atoms with van der Waals surface area (Å²) in [6, 6.07) is 0. The molecule has 0 bridgehead atoms. The monoisotopic (exact) mass is 252 g/mol. The van der Waals surface area contributed by atoms with Gasteiger partial charge in [0.1, 0.15) is 0 Å². The molecule has 3 aliphatic carbocycles. The normalized spacial score (nSPS) is 25.7. The van der Waals surface area contributed by atoms with Gasteiger partial charge in [-0.2, -0.15) is 0 Å². The van der Waals surface area contributed by atoms with E-state index in [2.05, 4.69) is 57.2 Å². The van der Waals surface area contributed by atoms with Gasteiger partial charge >= 0.3 is 0 Å². The number of allylic oxidation sites excluding steroid dienone is 8. The maximum Gasteiger partial charge on any atom is -0.00960 e. The van der Waals surface area contributed by atoms with Gasteiger partial charge in [-0.15, -0.1) is 12.8 Å². The molecule has 0 nitrogen and oxygen atoms in total. The first kappa shape index (κ1) is 15.3. The van der Waals surface area contributed by atoms with Crippen molar-refractivity contribution in [3.63, 3.8) is 0 Å². The smallest absolute Gasteiger partial charge is 0.00960 e. The van der Waals surface area contributed by atoms with Crippen LogP contribution in [0.5, 0.6) is 0 Å². The number of hydrogen-bond acceptors (Lipinski definition) is 0. The Balaban J connectivity index is 0.000000170. The standard InChI is InChI=1S/C9H12.C8H10.C2H2/c1-3-7-4-6(2)8-5-9(7)8;1-2-8-6-4-3-5-7-8;1-2/h4,8-9H,2-3,5H2,1H3;2-4,6H,1,5,7H2;1-2H. The number of fused-ring (bicyclic) bond motifs is 1. The summed E-state index contributed by atoms with van der Waals surface area (Å²) in [6.45, 7) is 9.92. The van der Waals surface area contributed by atoms with Crippen LogP contribution in [0.1, 0.15) is 32.6 Å². The number of hydrogen-bond donors (Lipinski definition) is 0. The molecule has 1 fully saturated rings. The SMILES string of the molecule is C#C.C=C1C=C(CC)C2CC12.C=CC1=CC=CCC1. The van der Waals surface area contributed by atoms with Gasteiger partial charge in [0.2, 0.25) is 0 Å². The van der Waals surface area contributed by atoms with Crippen LogP contribution in [0.25, 0.3) is 0 Å². The molecule has 19 heavy (non-hydrogen) atoms. The summed E-state index contributed by atoms with van der Waals surface area (Å²) in [5.41, 5.74) is 4.38. The van der Waals surface area contributed by atoms with Gasteiger partial charge in [0.05, 0.1) is 0 Å². The Morgan fingerprint density at radius 2 is 2.11 bits per heavy atom. The fraction of sp³-hybridized carbons (Fsp3) is 0.368. The van der Waals surface area contributed by atoms with Crippen molar-refractivity contribution in [3.8, 4) is 12.8 Å². The second-order valence-electron chi connectivity index (χ2n) is 5.01. The molecular weight excluding hydrogens is 228 g/mol.